The molecule has 43 heavy (non-hydrogen) atoms. The van der Waals surface area contributed by atoms with Crippen molar-refractivity contribution < 1.29 is 24.3 Å². The minimum Gasteiger partial charge on any atom is -0.480 e. The number of aliphatic carboxylic acids is 1. The molecular weight excluding hydrogens is 544 g/mol. The number of carbonyl (C=O) groups excluding carboxylic acids is 3. The first-order chi connectivity index (χ1) is 20.9. The highest BCUT2D eigenvalue weighted by molar-refractivity contribution is 5.85. The molecule has 0 aromatic heterocycles. The SMILES string of the molecule is NCCCC[C@H](NC(=O)C1CCC(CNC(=O)CCCCCCCNC(=O)CCCCCc2ccccc2)CC1)C(=O)O. The monoisotopic (exact) mass is 600 g/mol. The van der Waals surface area contributed by atoms with Crippen LogP contribution < -0.4 is 21.7 Å². The van der Waals surface area contributed by atoms with Gasteiger partial charge in [0.2, 0.25) is 17.7 Å². The van der Waals surface area contributed by atoms with E-state index in [2.05, 4.69) is 40.2 Å². The molecule has 0 saturated heterocycles. The first-order valence-electron chi connectivity index (χ1n) is 16.7. The molecule has 0 aliphatic heterocycles. The highest BCUT2D eigenvalue weighted by Crippen LogP contribution is 2.28. The summed E-state index contributed by atoms with van der Waals surface area (Å²) in [6, 6.07) is 9.61. The van der Waals surface area contributed by atoms with Gasteiger partial charge in [0.1, 0.15) is 6.04 Å². The molecule has 1 aromatic carbocycles. The molecule has 2 rings (SSSR count). The van der Waals surface area contributed by atoms with Crippen LogP contribution in [0.4, 0.5) is 0 Å². The quantitative estimate of drug-likeness (QED) is 0.113. The number of benzene rings is 1. The summed E-state index contributed by atoms with van der Waals surface area (Å²) in [4.78, 5) is 48.3. The smallest absolute Gasteiger partial charge is 0.326 e. The summed E-state index contributed by atoms with van der Waals surface area (Å²) in [7, 11) is 0. The van der Waals surface area contributed by atoms with Gasteiger partial charge in [-0.05, 0) is 95.1 Å². The van der Waals surface area contributed by atoms with Crippen LogP contribution >= 0.6 is 0 Å². The molecule has 0 heterocycles. The summed E-state index contributed by atoms with van der Waals surface area (Å²) in [6.45, 7) is 1.87. The Kier molecular flexibility index (Phi) is 19.0. The number of rotatable bonds is 23. The predicted molar refractivity (Wildman–Crippen MR) is 170 cm³/mol. The Hall–Kier alpha value is -2.94. The van der Waals surface area contributed by atoms with Crippen LogP contribution in [0.15, 0.2) is 30.3 Å². The maximum absolute atomic E-state index is 12.6. The Labute approximate surface area is 258 Å². The Morgan fingerprint density at radius 2 is 1.40 bits per heavy atom. The molecule has 9 nitrogen and oxygen atoms in total. The van der Waals surface area contributed by atoms with Crippen molar-refractivity contribution in [3.63, 3.8) is 0 Å². The lowest BCUT2D eigenvalue weighted by molar-refractivity contribution is -0.143. The van der Waals surface area contributed by atoms with E-state index in [1.165, 1.54) is 5.56 Å². The molecule has 1 aliphatic rings. The molecule has 6 N–H and O–H groups in total. The number of hydrogen-bond donors (Lipinski definition) is 5. The predicted octanol–water partition coefficient (Wildman–Crippen LogP) is 4.87. The summed E-state index contributed by atoms with van der Waals surface area (Å²) in [5, 5.41) is 18.2. The van der Waals surface area contributed by atoms with Crippen LogP contribution in [0.3, 0.4) is 0 Å². The van der Waals surface area contributed by atoms with E-state index in [9.17, 15) is 24.3 Å². The number of nitrogens with two attached hydrogens (primary N) is 1. The highest BCUT2D eigenvalue weighted by Gasteiger charge is 2.29. The van der Waals surface area contributed by atoms with E-state index in [1.54, 1.807) is 0 Å². The van der Waals surface area contributed by atoms with Crippen molar-refractivity contribution in [1.82, 2.24) is 16.0 Å². The molecule has 0 spiro atoms. The van der Waals surface area contributed by atoms with Crippen LogP contribution in [-0.2, 0) is 25.6 Å². The number of nitrogens with one attached hydrogen (secondary N) is 3. The number of aryl methyl sites for hydroxylation is 1. The molecule has 0 radical (unpaired) electrons. The maximum Gasteiger partial charge on any atom is 0.326 e. The summed E-state index contributed by atoms with van der Waals surface area (Å²) in [5.41, 5.74) is 6.84. The number of carbonyl (C=O) groups is 4. The number of hydrogen-bond acceptors (Lipinski definition) is 5. The molecule has 1 fully saturated rings. The first kappa shape index (κ1) is 36.3. The van der Waals surface area contributed by atoms with Crippen LogP contribution in [0, 0.1) is 11.8 Å². The van der Waals surface area contributed by atoms with Gasteiger partial charge in [0.25, 0.3) is 0 Å². The van der Waals surface area contributed by atoms with Crippen molar-refractivity contribution in [3.8, 4) is 0 Å². The van der Waals surface area contributed by atoms with Gasteiger partial charge in [0.15, 0.2) is 0 Å². The number of amides is 3. The second-order valence-electron chi connectivity index (χ2n) is 12.1. The fourth-order valence-corrected chi connectivity index (χ4v) is 5.71. The van der Waals surface area contributed by atoms with E-state index in [0.717, 1.165) is 96.4 Å². The van der Waals surface area contributed by atoms with E-state index in [4.69, 9.17) is 5.73 Å². The van der Waals surface area contributed by atoms with E-state index in [0.29, 0.717) is 44.7 Å². The fourth-order valence-electron chi connectivity index (χ4n) is 5.71. The molecule has 1 saturated carbocycles. The van der Waals surface area contributed by atoms with E-state index in [-0.39, 0.29) is 23.6 Å². The van der Waals surface area contributed by atoms with Crippen LogP contribution in [-0.4, -0.2) is 54.5 Å². The number of unbranched alkanes of at least 4 members (excludes halogenated alkanes) is 7. The second-order valence-corrected chi connectivity index (χ2v) is 12.1. The van der Waals surface area contributed by atoms with Gasteiger partial charge >= 0.3 is 5.97 Å². The molecule has 9 heteroatoms. The third-order valence-corrected chi connectivity index (χ3v) is 8.48. The molecule has 1 atom stereocenters. The number of carboxylic acid groups (broad SMARTS) is 1. The Morgan fingerprint density at radius 1 is 0.767 bits per heavy atom. The topological polar surface area (TPSA) is 151 Å². The third kappa shape index (κ3) is 17.1. The summed E-state index contributed by atoms with van der Waals surface area (Å²) in [5.74, 6) is -0.743. The van der Waals surface area contributed by atoms with Gasteiger partial charge in [-0.1, -0.05) is 56.0 Å². The second kappa shape index (κ2) is 22.6. The molecule has 0 unspecified atom stereocenters. The van der Waals surface area contributed by atoms with Crippen LogP contribution in [0.25, 0.3) is 0 Å². The standard InChI is InChI=1S/C34H56N4O5/c35-24-12-11-17-30(34(42)43)38-33(41)29-22-20-28(21-23-29)26-37-32(40)19-9-2-1-3-13-25-36-31(39)18-10-5-8-16-27-14-6-4-7-15-27/h4,6-7,14-15,28-30H,1-3,5,8-13,16-26,35H2,(H,36,39)(H,37,40)(H,38,41)(H,42,43)/t28?,29?,30-/m0/s1. The van der Waals surface area contributed by atoms with Crippen molar-refractivity contribution in [2.24, 2.45) is 17.6 Å². The lowest BCUT2D eigenvalue weighted by Crippen LogP contribution is -2.44. The molecule has 1 aliphatic carbocycles. The molecule has 0 bridgehead atoms. The van der Waals surface area contributed by atoms with Crippen molar-refractivity contribution in [2.75, 3.05) is 19.6 Å². The van der Waals surface area contributed by atoms with Gasteiger partial charge < -0.3 is 26.8 Å². The largest absolute Gasteiger partial charge is 0.480 e. The average Bonchev–Trinajstić information content (AvgIpc) is 3.01. The average molecular weight is 601 g/mol. The van der Waals surface area contributed by atoms with Crippen molar-refractivity contribution >= 4 is 23.7 Å². The van der Waals surface area contributed by atoms with Crippen molar-refractivity contribution in [3.05, 3.63) is 35.9 Å². The minimum atomic E-state index is -0.998. The Morgan fingerprint density at radius 3 is 2.07 bits per heavy atom. The van der Waals surface area contributed by atoms with Gasteiger partial charge in [-0.15, -0.1) is 0 Å². The third-order valence-electron chi connectivity index (χ3n) is 8.48. The van der Waals surface area contributed by atoms with Gasteiger partial charge in [-0.3, -0.25) is 14.4 Å². The summed E-state index contributed by atoms with van der Waals surface area (Å²) in [6.07, 6.45) is 15.2. The van der Waals surface area contributed by atoms with Gasteiger partial charge in [0, 0.05) is 31.8 Å². The zero-order chi connectivity index (χ0) is 31.1. The van der Waals surface area contributed by atoms with Crippen LogP contribution in [0.5, 0.6) is 0 Å². The Bertz CT molecular complexity index is 934. The first-order valence-corrected chi connectivity index (χ1v) is 16.7. The van der Waals surface area contributed by atoms with Crippen molar-refractivity contribution in [2.45, 2.75) is 122 Å². The fraction of sp³-hybridized carbons (Fsp3) is 0.706. The molecule has 1 aromatic rings. The highest BCUT2D eigenvalue weighted by atomic mass is 16.4. The lowest BCUT2D eigenvalue weighted by atomic mass is 9.81. The van der Waals surface area contributed by atoms with E-state index < -0.39 is 12.0 Å². The van der Waals surface area contributed by atoms with Crippen LogP contribution in [0.1, 0.15) is 115 Å². The van der Waals surface area contributed by atoms with Crippen molar-refractivity contribution in [1.29, 1.82) is 0 Å². The minimum absolute atomic E-state index is 0.0812. The van der Waals surface area contributed by atoms with E-state index >= 15 is 0 Å². The number of carboxylic acids is 1. The summed E-state index contributed by atoms with van der Waals surface area (Å²) < 4.78 is 0. The normalized spacial score (nSPS) is 17.1. The van der Waals surface area contributed by atoms with E-state index in [1.807, 2.05) is 6.07 Å². The lowest BCUT2D eigenvalue weighted by Gasteiger charge is -2.28. The summed E-state index contributed by atoms with van der Waals surface area (Å²) >= 11 is 0. The maximum atomic E-state index is 12.6. The van der Waals surface area contributed by atoms with Crippen LogP contribution in [0.2, 0.25) is 0 Å². The zero-order valence-corrected chi connectivity index (χ0v) is 26.1. The molecule has 3 amide bonds. The van der Waals surface area contributed by atoms with Gasteiger partial charge in [-0.2, -0.15) is 0 Å². The Balaban J connectivity index is 1.40. The molecule has 242 valence electrons. The zero-order valence-electron chi connectivity index (χ0n) is 26.1. The van der Waals surface area contributed by atoms with Gasteiger partial charge in [-0.25, -0.2) is 4.79 Å². The van der Waals surface area contributed by atoms with Gasteiger partial charge in [0.05, 0.1) is 0 Å². The molecular formula is C34H56N4O5.